The quantitative estimate of drug-likeness (QED) is 0.188. The summed E-state index contributed by atoms with van der Waals surface area (Å²) in [6, 6.07) is 43.5. The highest BCUT2D eigenvalue weighted by molar-refractivity contribution is 6.23. The Morgan fingerprint density at radius 1 is 0.511 bits per heavy atom. The van der Waals surface area contributed by atoms with E-state index in [1.165, 1.54) is 70.0 Å². The molecule has 3 nitrogen and oxygen atoms in total. The van der Waals surface area contributed by atoms with Crippen LogP contribution >= 0.6 is 0 Å². The van der Waals surface area contributed by atoms with Gasteiger partial charge in [-0.25, -0.2) is 4.98 Å². The van der Waals surface area contributed by atoms with Crippen LogP contribution in [0, 0.1) is 0 Å². The number of hydrogen-bond donors (Lipinski definition) is 0. The second-order valence-corrected chi connectivity index (χ2v) is 13.1. The zero-order valence-electron chi connectivity index (χ0n) is 26.0. The molecule has 1 aliphatic carbocycles. The Hall–Kier alpha value is -5.54. The summed E-state index contributed by atoms with van der Waals surface area (Å²) < 4.78 is 6.99. The molecule has 0 spiro atoms. The van der Waals surface area contributed by atoms with E-state index in [-0.39, 0.29) is 0 Å². The van der Waals surface area contributed by atoms with E-state index in [9.17, 15) is 0 Å². The van der Waals surface area contributed by atoms with E-state index in [0.717, 1.165) is 55.4 Å². The van der Waals surface area contributed by atoms with Gasteiger partial charge in [0, 0.05) is 38.2 Å². The number of nitrogens with zero attached hydrogens (tertiary/aromatic N) is 2. The average Bonchev–Trinajstić information content (AvgIpc) is 3.52. The SMILES string of the molecule is c1cc(-c2cnc3c4ccccc4c4ccccc4c3n2)cc(-c2cccc3c2oc2c(C4CCCCC4)c4ccccc4cc23)c1. The van der Waals surface area contributed by atoms with Crippen LogP contribution in [0.1, 0.15) is 43.6 Å². The third-order valence-electron chi connectivity index (χ3n) is 10.5. The Morgan fingerprint density at radius 2 is 1.17 bits per heavy atom. The topological polar surface area (TPSA) is 38.9 Å². The largest absolute Gasteiger partial charge is 0.455 e. The molecular weight excluding hydrogens is 572 g/mol. The number of furan rings is 1. The number of hydrogen-bond acceptors (Lipinski definition) is 3. The van der Waals surface area contributed by atoms with Crippen LogP contribution in [0.2, 0.25) is 0 Å². The van der Waals surface area contributed by atoms with Crippen LogP contribution in [-0.4, -0.2) is 9.97 Å². The lowest BCUT2D eigenvalue weighted by molar-refractivity contribution is 0.444. The maximum atomic E-state index is 6.99. The molecule has 224 valence electrons. The molecular formula is C44H32N2O. The second kappa shape index (κ2) is 10.5. The molecule has 1 fully saturated rings. The van der Waals surface area contributed by atoms with Crippen LogP contribution in [0.5, 0.6) is 0 Å². The van der Waals surface area contributed by atoms with Gasteiger partial charge in [0.05, 0.1) is 22.9 Å². The monoisotopic (exact) mass is 604 g/mol. The van der Waals surface area contributed by atoms with Gasteiger partial charge in [-0.3, -0.25) is 4.98 Å². The first-order chi connectivity index (χ1) is 23.3. The van der Waals surface area contributed by atoms with Crippen LogP contribution in [0.3, 0.4) is 0 Å². The lowest BCUT2D eigenvalue weighted by Crippen LogP contribution is -2.05. The van der Waals surface area contributed by atoms with Crippen LogP contribution < -0.4 is 0 Å². The number of aromatic nitrogens is 2. The zero-order chi connectivity index (χ0) is 30.9. The molecule has 0 N–H and O–H groups in total. The normalized spacial score (nSPS) is 14.3. The number of para-hydroxylation sites is 1. The Balaban J connectivity index is 1.16. The fourth-order valence-electron chi connectivity index (χ4n) is 8.26. The summed E-state index contributed by atoms with van der Waals surface area (Å²) in [6.07, 6.45) is 8.29. The smallest absolute Gasteiger partial charge is 0.143 e. The van der Waals surface area contributed by atoms with Crippen LogP contribution in [0.15, 0.2) is 132 Å². The average molecular weight is 605 g/mol. The molecule has 0 radical (unpaired) electrons. The molecule has 0 amide bonds. The van der Waals surface area contributed by atoms with Gasteiger partial charge in [0.1, 0.15) is 11.2 Å². The summed E-state index contributed by atoms with van der Waals surface area (Å²) in [4.78, 5) is 10.3. The van der Waals surface area contributed by atoms with E-state index in [0.29, 0.717) is 5.92 Å². The van der Waals surface area contributed by atoms with Crippen molar-refractivity contribution in [1.82, 2.24) is 9.97 Å². The minimum atomic E-state index is 0.532. The second-order valence-electron chi connectivity index (χ2n) is 13.1. The molecule has 9 aromatic rings. The molecule has 3 heteroatoms. The molecule has 47 heavy (non-hydrogen) atoms. The summed E-state index contributed by atoms with van der Waals surface area (Å²) >= 11 is 0. The molecule has 10 rings (SSSR count). The van der Waals surface area contributed by atoms with Gasteiger partial charge in [-0.1, -0.05) is 128 Å². The fraction of sp³-hybridized carbons (Fsp3) is 0.136. The molecule has 2 heterocycles. The van der Waals surface area contributed by atoms with Crippen molar-refractivity contribution in [2.75, 3.05) is 0 Å². The van der Waals surface area contributed by atoms with E-state index < -0.39 is 0 Å². The number of rotatable bonds is 3. The summed E-state index contributed by atoms with van der Waals surface area (Å²) in [5.74, 6) is 0.532. The van der Waals surface area contributed by atoms with Crippen LogP contribution in [0.4, 0.5) is 0 Å². The van der Waals surface area contributed by atoms with Crippen molar-refractivity contribution < 1.29 is 4.42 Å². The van der Waals surface area contributed by atoms with Gasteiger partial charge in [0.25, 0.3) is 0 Å². The van der Waals surface area contributed by atoms with Crippen molar-refractivity contribution in [1.29, 1.82) is 0 Å². The minimum Gasteiger partial charge on any atom is -0.455 e. The summed E-state index contributed by atoms with van der Waals surface area (Å²) in [5.41, 5.74) is 9.41. The summed E-state index contributed by atoms with van der Waals surface area (Å²) in [7, 11) is 0. The van der Waals surface area contributed by atoms with Gasteiger partial charge in [-0.2, -0.15) is 0 Å². The number of fused-ring (bicyclic) bond motifs is 10. The third kappa shape index (κ3) is 4.12. The lowest BCUT2D eigenvalue weighted by Gasteiger charge is -2.23. The maximum absolute atomic E-state index is 6.99. The van der Waals surface area contributed by atoms with Crippen LogP contribution in [-0.2, 0) is 0 Å². The van der Waals surface area contributed by atoms with Crippen molar-refractivity contribution in [3.63, 3.8) is 0 Å². The van der Waals surface area contributed by atoms with E-state index in [2.05, 4.69) is 121 Å². The Kier molecular flexibility index (Phi) is 5.95. The first-order valence-corrected chi connectivity index (χ1v) is 16.9. The molecule has 0 saturated heterocycles. The Morgan fingerprint density at radius 3 is 1.98 bits per heavy atom. The van der Waals surface area contributed by atoms with Gasteiger partial charge < -0.3 is 4.42 Å². The van der Waals surface area contributed by atoms with Crippen molar-refractivity contribution in [2.24, 2.45) is 0 Å². The molecule has 2 aromatic heterocycles. The number of benzene rings is 7. The van der Waals surface area contributed by atoms with Gasteiger partial charge in [0.2, 0.25) is 0 Å². The summed E-state index contributed by atoms with van der Waals surface area (Å²) in [5, 5.41) is 9.69. The van der Waals surface area contributed by atoms with Crippen molar-refractivity contribution in [2.45, 2.75) is 38.0 Å². The minimum absolute atomic E-state index is 0.532. The van der Waals surface area contributed by atoms with Gasteiger partial charge in [-0.15, -0.1) is 0 Å². The van der Waals surface area contributed by atoms with Crippen LogP contribution in [0.25, 0.3) is 87.7 Å². The predicted octanol–water partition coefficient (Wildman–Crippen LogP) is 12.4. The van der Waals surface area contributed by atoms with E-state index in [1.54, 1.807) is 0 Å². The summed E-state index contributed by atoms with van der Waals surface area (Å²) in [6.45, 7) is 0. The van der Waals surface area contributed by atoms with Gasteiger partial charge in [0.15, 0.2) is 0 Å². The standard InChI is InChI=1S/C44H32N2O/c1-2-12-27(13-3-1)40-31-17-5-4-14-29(31)25-38-37-23-11-22-32(43(37)47-44(38)40)28-15-10-16-30(24-28)39-26-45-41-35-20-8-6-18-33(35)34-19-7-9-21-36(34)42(41)46-39/h4-11,14-27H,1-3,12-13H2. The fourth-order valence-corrected chi connectivity index (χ4v) is 8.26. The molecule has 1 aliphatic rings. The molecule has 7 aromatic carbocycles. The Bertz CT molecular complexity index is 2640. The zero-order valence-corrected chi connectivity index (χ0v) is 26.0. The highest BCUT2D eigenvalue weighted by Crippen LogP contribution is 2.45. The third-order valence-corrected chi connectivity index (χ3v) is 10.5. The molecule has 0 atom stereocenters. The first kappa shape index (κ1) is 26.7. The van der Waals surface area contributed by atoms with E-state index in [4.69, 9.17) is 14.4 Å². The van der Waals surface area contributed by atoms with Crippen molar-refractivity contribution >= 4 is 65.3 Å². The molecule has 0 unspecified atom stereocenters. The van der Waals surface area contributed by atoms with E-state index >= 15 is 0 Å². The predicted molar refractivity (Wildman–Crippen MR) is 196 cm³/mol. The maximum Gasteiger partial charge on any atom is 0.143 e. The highest BCUT2D eigenvalue weighted by Gasteiger charge is 2.24. The van der Waals surface area contributed by atoms with E-state index in [1.807, 2.05) is 6.20 Å². The Labute approximate surface area is 272 Å². The van der Waals surface area contributed by atoms with Gasteiger partial charge >= 0.3 is 0 Å². The molecule has 1 saturated carbocycles. The highest BCUT2D eigenvalue weighted by atomic mass is 16.3. The first-order valence-electron chi connectivity index (χ1n) is 16.9. The van der Waals surface area contributed by atoms with Crippen molar-refractivity contribution in [3.8, 4) is 22.4 Å². The molecule has 0 bridgehead atoms. The lowest BCUT2D eigenvalue weighted by atomic mass is 9.81. The van der Waals surface area contributed by atoms with Gasteiger partial charge in [-0.05, 0) is 58.0 Å². The van der Waals surface area contributed by atoms with Crippen molar-refractivity contribution in [3.05, 3.63) is 133 Å². The molecule has 0 aliphatic heterocycles.